The number of aromatic nitrogens is 2. The van der Waals surface area contributed by atoms with E-state index < -0.39 is 10.8 Å². The van der Waals surface area contributed by atoms with Crippen molar-refractivity contribution in [2.45, 2.75) is 22.8 Å². The molecule has 1 unspecified atom stereocenters. The number of hydrogen-bond acceptors (Lipinski definition) is 3. The van der Waals surface area contributed by atoms with Gasteiger partial charge in [-0.05, 0) is 24.3 Å². The third kappa shape index (κ3) is 2.77. The smallest absolute Gasteiger partial charge is 0.233 e. The lowest BCUT2D eigenvalue weighted by Crippen LogP contribution is -2.31. The SMILES string of the molecule is O=C(CCn1ccnc1)N1c2ccccc2S(=O)c2c(Cl)cccc21. The van der Waals surface area contributed by atoms with Crippen LogP contribution in [0.1, 0.15) is 6.42 Å². The van der Waals surface area contributed by atoms with Crippen LogP contribution in [0.15, 0.2) is 71.0 Å². The van der Waals surface area contributed by atoms with Crippen LogP contribution >= 0.6 is 11.6 Å². The molecule has 126 valence electrons. The number of fused-ring (bicyclic) bond motifs is 2. The topological polar surface area (TPSA) is 55.2 Å². The summed E-state index contributed by atoms with van der Waals surface area (Å²) in [5, 5.41) is 0.401. The highest BCUT2D eigenvalue weighted by Gasteiger charge is 2.32. The minimum Gasteiger partial charge on any atom is -0.337 e. The maximum Gasteiger partial charge on any atom is 0.233 e. The first-order valence-corrected chi connectivity index (χ1v) is 9.27. The molecule has 0 N–H and O–H groups in total. The number of rotatable bonds is 3. The molecule has 0 bridgehead atoms. The van der Waals surface area contributed by atoms with E-state index in [-0.39, 0.29) is 5.91 Å². The van der Waals surface area contributed by atoms with E-state index in [2.05, 4.69) is 4.98 Å². The van der Waals surface area contributed by atoms with Gasteiger partial charge in [0.05, 0.1) is 43.3 Å². The molecule has 1 aromatic heterocycles. The molecule has 1 aliphatic heterocycles. The largest absolute Gasteiger partial charge is 0.337 e. The highest BCUT2D eigenvalue weighted by molar-refractivity contribution is 7.85. The summed E-state index contributed by atoms with van der Waals surface area (Å²) < 4.78 is 14.8. The van der Waals surface area contributed by atoms with Crippen molar-refractivity contribution < 1.29 is 9.00 Å². The monoisotopic (exact) mass is 371 g/mol. The molecule has 4 rings (SSSR count). The summed E-state index contributed by atoms with van der Waals surface area (Å²) in [6.45, 7) is 0.524. The number of amides is 1. The number of halogens is 1. The molecule has 1 atom stereocenters. The van der Waals surface area contributed by atoms with Crippen molar-refractivity contribution in [3.8, 4) is 0 Å². The lowest BCUT2D eigenvalue weighted by molar-refractivity contribution is -0.118. The number of nitrogens with zero attached hydrogens (tertiary/aromatic N) is 3. The van der Waals surface area contributed by atoms with Gasteiger partial charge < -0.3 is 4.57 Å². The van der Waals surface area contributed by atoms with Crippen LogP contribution in [-0.2, 0) is 22.1 Å². The second-order valence-corrected chi connectivity index (χ2v) is 7.40. The Morgan fingerprint density at radius 1 is 1.12 bits per heavy atom. The standard InChI is InChI=1S/C18H14ClN3O2S/c19-13-4-3-6-15-18(13)25(24)16-7-2-1-5-14(16)22(15)17(23)8-10-21-11-9-20-12-21/h1-7,9,11-12H,8,10H2. The predicted molar refractivity (Wildman–Crippen MR) is 96.6 cm³/mol. The summed E-state index contributed by atoms with van der Waals surface area (Å²) in [4.78, 5) is 19.7. The molecule has 0 aliphatic carbocycles. The maximum atomic E-state index is 13.0. The van der Waals surface area contributed by atoms with Crippen LogP contribution in [0.4, 0.5) is 11.4 Å². The van der Waals surface area contributed by atoms with E-state index in [1.807, 2.05) is 29.0 Å². The first-order chi connectivity index (χ1) is 12.2. The van der Waals surface area contributed by atoms with Gasteiger partial charge in [0, 0.05) is 25.4 Å². The highest BCUT2D eigenvalue weighted by Crippen LogP contribution is 2.44. The average Bonchev–Trinajstić information content (AvgIpc) is 3.14. The molecule has 7 heteroatoms. The minimum absolute atomic E-state index is 0.0821. The molecule has 5 nitrogen and oxygen atoms in total. The Bertz CT molecular complexity index is 972. The first kappa shape index (κ1) is 16.1. The summed E-state index contributed by atoms with van der Waals surface area (Å²) >= 11 is 6.29. The second-order valence-electron chi connectivity index (χ2n) is 5.60. The van der Waals surface area contributed by atoms with E-state index in [9.17, 15) is 9.00 Å². The van der Waals surface area contributed by atoms with Gasteiger partial charge in [-0.3, -0.25) is 9.69 Å². The Morgan fingerprint density at radius 2 is 1.92 bits per heavy atom. The number of imidazole rings is 1. The molecular weight excluding hydrogens is 358 g/mol. The van der Waals surface area contributed by atoms with Crippen molar-refractivity contribution >= 4 is 39.7 Å². The van der Waals surface area contributed by atoms with Gasteiger partial charge in [0.25, 0.3) is 0 Å². The third-order valence-corrected chi connectivity index (χ3v) is 6.04. The fourth-order valence-corrected chi connectivity index (χ4v) is 4.67. The Labute approximate surface area is 152 Å². The maximum absolute atomic E-state index is 13.0. The quantitative estimate of drug-likeness (QED) is 0.704. The van der Waals surface area contributed by atoms with Crippen molar-refractivity contribution in [3.63, 3.8) is 0 Å². The molecule has 2 aromatic carbocycles. The number of para-hydroxylation sites is 1. The van der Waals surface area contributed by atoms with E-state index in [4.69, 9.17) is 11.6 Å². The molecule has 3 aromatic rings. The normalized spacial score (nSPS) is 15.6. The van der Waals surface area contributed by atoms with Gasteiger partial charge in [-0.2, -0.15) is 0 Å². The summed E-state index contributed by atoms with van der Waals surface area (Å²) in [5.74, 6) is -0.0821. The van der Waals surface area contributed by atoms with Crippen molar-refractivity contribution in [1.29, 1.82) is 0 Å². The highest BCUT2D eigenvalue weighted by atomic mass is 35.5. The lowest BCUT2D eigenvalue weighted by Gasteiger charge is -2.31. The Kier molecular flexibility index (Phi) is 4.15. The zero-order valence-corrected chi connectivity index (χ0v) is 14.7. The van der Waals surface area contributed by atoms with Gasteiger partial charge in [0.1, 0.15) is 0 Å². The van der Waals surface area contributed by atoms with E-state index in [1.54, 1.807) is 41.7 Å². The zero-order chi connectivity index (χ0) is 17.4. The van der Waals surface area contributed by atoms with Gasteiger partial charge in [0.15, 0.2) is 0 Å². The molecule has 1 amide bonds. The van der Waals surface area contributed by atoms with Crippen LogP contribution < -0.4 is 4.90 Å². The van der Waals surface area contributed by atoms with E-state index in [0.717, 1.165) is 0 Å². The van der Waals surface area contributed by atoms with Crippen LogP contribution in [-0.4, -0.2) is 19.7 Å². The minimum atomic E-state index is -1.41. The number of carbonyl (C=O) groups is 1. The molecule has 0 saturated carbocycles. The Balaban J connectivity index is 1.77. The van der Waals surface area contributed by atoms with Gasteiger partial charge in [-0.15, -0.1) is 0 Å². The van der Waals surface area contributed by atoms with Crippen LogP contribution in [0.25, 0.3) is 0 Å². The van der Waals surface area contributed by atoms with Crippen LogP contribution in [0.5, 0.6) is 0 Å². The number of carbonyl (C=O) groups excluding carboxylic acids is 1. The van der Waals surface area contributed by atoms with Gasteiger partial charge >= 0.3 is 0 Å². The second kappa shape index (κ2) is 6.46. The number of benzene rings is 2. The van der Waals surface area contributed by atoms with Crippen molar-refractivity contribution in [2.75, 3.05) is 4.90 Å². The number of anilines is 2. The molecule has 25 heavy (non-hydrogen) atoms. The third-order valence-electron chi connectivity index (χ3n) is 4.07. The first-order valence-electron chi connectivity index (χ1n) is 7.75. The van der Waals surface area contributed by atoms with Crippen LogP contribution in [0, 0.1) is 0 Å². The fraction of sp³-hybridized carbons (Fsp3) is 0.111. The summed E-state index contributed by atoms with van der Waals surface area (Å²) in [7, 11) is -1.41. The van der Waals surface area contributed by atoms with Gasteiger partial charge in [-0.1, -0.05) is 29.8 Å². The number of hydrogen-bond donors (Lipinski definition) is 0. The zero-order valence-electron chi connectivity index (χ0n) is 13.1. The Hall–Kier alpha value is -2.44. The van der Waals surface area contributed by atoms with Crippen molar-refractivity contribution in [2.24, 2.45) is 0 Å². The lowest BCUT2D eigenvalue weighted by atomic mass is 10.2. The van der Waals surface area contributed by atoms with E-state index >= 15 is 0 Å². The number of aryl methyl sites for hydroxylation is 1. The summed E-state index contributed by atoms with van der Waals surface area (Å²) in [5.41, 5.74) is 1.23. The fourth-order valence-electron chi connectivity index (χ4n) is 2.92. The molecule has 0 fully saturated rings. The van der Waals surface area contributed by atoms with E-state index in [0.29, 0.717) is 39.2 Å². The molecule has 0 radical (unpaired) electrons. The molecule has 2 heterocycles. The molecule has 0 spiro atoms. The average molecular weight is 372 g/mol. The summed E-state index contributed by atoms with van der Waals surface area (Å²) in [6.07, 6.45) is 5.47. The Morgan fingerprint density at radius 3 is 2.72 bits per heavy atom. The molecular formula is C18H14ClN3O2S. The predicted octanol–water partition coefficient (Wildman–Crippen LogP) is 3.77. The van der Waals surface area contributed by atoms with Crippen molar-refractivity contribution in [3.05, 3.63) is 66.2 Å². The van der Waals surface area contributed by atoms with E-state index in [1.165, 1.54) is 0 Å². The van der Waals surface area contributed by atoms with Crippen LogP contribution in [0.3, 0.4) is 0 Å². The molecule has 1 aliphatic rings. The van der Waals surface area contributed by atoms with Crippen LogP contribution in [0.2, 0.25) is 5.02 Å². The van der Waals surface area contributed by atoms with Crippen molar-refractivity contribution in [1.82, 2.24) is 9.55 Å². The van der Waals surface area contributed by atoms with Gasteiger partial charge in [-0.25, -0.2) is 9.19 Å². The summed E-state index contributed by atoms with van der Waals surface area (Å²) in [6, 6.07) is 12.5. The molecule has 0 saturated heterocycles. The van der Waals surface area contributed by atoms with Gasteiger partial charge in [0.2, 0.25) is 5.91 Å².